The second-order valence-electron chi connectivity index (χ2n) is 4.16. The van der Waals surface area contributed by atoms with Crippen LogP contribution in [0.1, 0.15) is 26.7 Å². The maximum absolute atomic E-state index is 11.4. The number of nitrogens with two attached hydrogens (primary N) is 2. The van der Waals surface area contributed by atoms with Crippen molar-refractivity contribution in [3.8, 4) is 0 Å². The highest BCUT2D eigenvalue weighted by molar-refractivity contribution is 6.03. The van der Waals surface area contributed by atoms with Gasteiger partial charge in [-0.25, -0.2) is 4.99 Å². The van der Waals surface area contributed by atoms with E-state index in [1.165, 1.54) is 6.20 Å². The Morgan fingerprint density at radius 2 is 2.11 bits per heavy atom. The molecule has 0 aromatic heterocycles. The van der Waals surface area contributed by atoms with E-state index in [9.17, 15) is 4.79 Å². The van der Waals surface area contributed by atoms with Gasteiger partial charge >= 0.3 is 0 Å². The van der Waals surface area contributed by atoms with Gasteiger partial charge in [0.15, 0.2) is 0 Å². The fourth-order valence-electron chi connectivity index (χ4n) is 1.64. The number of hydrogen-bond acceptors (Lipinski definition) is 4. The Morgan fingerprint density at radius 3 is 2.61 bits per heavy atom. The van der Waals surface area contributed by atoms with Crippen LogP contribution in [-0.2, 0) is 4.79 Å². The molecule has 0 saturated heterocycles. The summed E-state index contributed by atoms with van der Waals surface area (Å²) in [6.45, 7) is 7.95. The Hall–Kier alpha value is -2.04. The van der Waals surface area contributed by atoms with E-state index in [0.717, 1.165) is 12.8 Å². The number of primary amides is 1. The minimum Gasteiger partial charge on any atom is -0.383 e. The maximum Gasteiger partial charge on any atom is 0.252 e. The van der Waals surface area contributed by atoms with Crippen LogP contribution >= 0.6 is 0 Å². The Kier molecular flexibility index (Phi) is 4.71. The van der Waals surface area contributed by atoms with Crippen LogP contribution in [0.5, 0.6) is 0 Å². The molecule has 0 fully saturated rings. The third-order valence-corrected chi connectivity index (χ3v) is 2.88. The number of aliphatic imine (C=N–C) groups is 1. The Balaban J connectivity index is 3.08. The molecule has 1 amide bonds. The van der Waals surface area contributed by atoms with E-state index >= 15 is 0 Å². The Labute approximate surface area is 107 Å². The number of amidine groups is 1. The molecule has 98 valence electrons. The molecule has 5 heteroatoms. The number of carbonyl (C=O) groups is 1. The fraction of sp³-hybridized carbons (Fsp3) is 0.385. The lowest BCUT2D eigenvalue weighted by Crippen LogP contribution is -2.31. The lowest BCUT2D eigenvalue weighted by atomic mass is 10.1. The second kappa shape index (κ2) is 6.05. The van der Waals surface area contributed by atoms with Crippen LogP contribution in [-0.4, -0.2) is 17.8 Å². The highest BCUT2D eigenvalue weighted by Crippen LogP contribution is 2.15. The van der Waals surface area contributed by atoms with E-state index in [1.807, 2.05) is 0 Å². The van der Waals surface area contributed by atoms with Crippen LogP contribution in [0.15, 0.2) is 40.7 Å². The molecule has 0 unspecified atom stereocenters. The topological polar surface area (TPSA) is 93.5 Å². The van der Waals surface area contributed by atoms with E-state index in [-0.39, 0.29) is 11.9 Å². The average molecular weight is 248 g/mol. The summed E-state index contributed by atoms with van der Waals surface area (Å²) < 4.78 is 0. The van der Waals surface area contributed by atoms with Gasteiger partial charge in [0.2, 0.25) is 0 Å². The third-order valence-electron chi connectivity index (χ3n) is 2.88. The minimum atomic E-state index is -0.536. The predicted octanol–water partition coefficient (Wildman–Crippen LogP) is 0.945. The van der Waals surface area contributed by atoms with Gasteiger partial charge in [-0.15, -0.1) is 0 Å². The number of rotatable bonds is 5. The van der Waals surface area contributed by atoms with E-state index in [1.54, 1.807) is 6.08 Å². The summed E-state index contributed by atoms with van der Waals surface area (Å²) in [5.74, 6) is -0.249. The summed E-state index contributed by atoms with van der Waals surface area (Å²) in [5, 5.41) is 3.28. The van der Waals surface area contributed by atoms with Crippen molar-refractivity contribution >= 4 is 11.7 Å². The van der Waals surface area contributed by atoms with E-state index in [0.29, 0.717) is 16.8 Å². The molecular weight excluding hydrogens is 228 g/mol. The quantitative estimate of drug-likeness (QED) is 0.676. The van der Waals surface area contributed by atoms with Crippen molar-refractivity contribution in [3.63, 3.8) is 0 Å². The summed E-state index contributed by atoms with van der Waals surface area (Å²) in [4.78, 5) is 15.4. The van der Waals surface area contributed by atoms with Crippen molar-refractivity contribution in [2.75, 3.05) is 0 Å². The molecule has 0 spiro atoms. The highest BCUT2D eigenvalue weighted by atomic mass is 16.1. The predicted molar refractivity (Wildman–Crippen MR) is 73.6 cm³/mol. The first-order chi connectivity index (χ1) is 8.49. The molecule has 0 aromatic rings. The molecule has 0 aliphatic carbocycles. The van der Waals surface area contributed by atoms with Crippen molar-refractivity contribution in [2.24, 2.45) is 16.5 Å². The molecule has 0 bridgehead atoms. The third kappa shape index (κ3) is 3.23. The van der Waals surface area contributed by atoms with Gasteiger partial charge in [0, 0.05) is 23.5 Å². The molecule has 1 heterocycles. The first-order valence-electron chi connectivity index (χ1n) is 6.00. The molecular formula is C13H20N4O. The summed E-state index contributed by atoms with van der Waals surface area (Å²) >= 11 is 0. The number of carbonyl (C=O) groups excluding carboxylic acids is 1. The molecule has 5 nitrogen and oxygen atoms in total. The van der Waals surface area contributed by atoms with E-state index < -0.39 is 5.91 Å². The molecule has 1 rings (SSSR count). The first-order valence-corrected chi connectivity index (χ1v) is 6.00. The summed E-state index contributed by atoms with van der Waals surface area (Å²) in [6, 6.07) is 0.270. The molecule has 0 radical (unpaired) electrons. The van der Waals surface area contributed by atoms with Crippen molar-refractivity contribution < 1.29 is 4.79 Å². The van der Waals surface area contributed by atoms with Gasteiger partial charge < -0.3 is 16.8 Å². The van der Waals surface area contributed by atoms with Crippen LogP contribution in [0.25, 0.3) is 0 Å². The van der Waals surface area contributed by atoms with Crippen molar-refractivity contribution in [1.29, 1.82) is 0 Å². The number of nitrogens with zero attached hydrogens (tertiary/aromatic N) is 1. The van der Waals surface area contributed by atoms with Gasteiger partial charge in [-0.3, -0.25) is 4.79 Å². The van der Waals surface area contributed by atoms with Gasteiger partial charge in [0.05, 0.1) is 5.57 Å². The Morgan fingerprint density at radius 1 is 1.50 bits per heavy atom. The van der Waals surface area contributed by atoms with E-state index in [2.05, 4.69) is 30.7 Å². The van der Waals surface area contributed by atoms with Crippen LogP contribution in [0.2, 0.25) is 0 Å². The number of hydrogen-bond donors (Lipinski definition) is 3. The zero-order chi connectivity index (χ0) is 13.7. The summed E-state index contributed by atoms with van der Waals surface area (Å²) in [6.07, 6.45) is 4.99. The normalized spacial score (nSPS) is 15.7. The maximum atomic E-state index is 11.4. The van der Waals surface area contributed by atoms with Crippen LogP contribution in [0.3, 0.4) is 0 Å². The van der Waals surface area contributed by atoms with Crippen LogP contribution in [0.4, 0.5) is 0 Å². The van der Waals surface area contributed by atoms with Crippen molar-refractivity contribution in [3.05, 3.63) is 35.7 Å². The number of nitrogens with one attached hydrogen (secondary N) is 1. The van der Waals surface area contributed by atoms with Gasteiger partial charge in [-0.1, -0.05) is 20.4 Å². The molecule has 1 aliphatic heterocycles. The number of amides is 1. The molecule has 5 N–H and O–H groups in total. The summed E-state index contributed by atoms with van der Waals surface area (Å²) in [7, 11) is 0. The highest BCUT2D eigenvalue weighted by Gasteiger charge is 2.17. The summed E-state index contributed by atoms with van der Waals surface area (Å²) in [5.41, 5.74) is 12.5. The van der Waals surface area contributed by atoms with Gasteiger partial charge in [0.25, 0.3) is 5.91 Å². The van der Waals surface area contributed by atoms with Crippen LogP contribution in [0, 0.1) is 0 Å². The molecule has 0 aromatic carbocycles. The van der Waals surface area contributed by atoms with E-state index in [4.69, 9.17) is 11.5 Å². The monoisotopic (exact) mass is 248 g/mol. The minimum absolute atomic E-state index is 0.270. The molecule has 18 heavy (non-hydrogen) atoms. The van der Waals surface area contributed by atoms with Gasteiger partial charge in [0.1, 0.15) is 5.84 Å². The first kappa shape index (κ1) is 14.0. The Bertz CT molecular complexity index is 442. The molecule has 1 aliphatic rings. The zero-order valence-electron chi connectivity index (χ0n) is 10.9. The fourth-order valence-corrected chi connectivity index (χ4v) is 1.64. The lowest BCUT2D eigenvalue weighted by molar-refractivity contribution is -0.114. The zero-order valence-corrected chi connectivity index (χ0v) is 10.9. The SMILES string of the molecule is C=C1C=C(NC(CC)CC)C(C(N)=O)=CN=C1N. The molecule has 0 atom stereocenters. The standard InChI is InChI=1S/C13H20N4O/c1-4-9(5-2)17-11-6-8(3)12(14)16-7-10(11)13(15)18/h6-7,9,17H,3-5H2,1-2H3,(H2,14,16)(H2,15,18). The van der Waals surface area contributed by atoms with Crippen molar-refractivity contribution in [2.45, 2.75) is 32.7 Å². The van der Waals surface area contributed by atoms with Gasteiger partial charge in [-0.2, -0.15) is 0 Å². The van der Waals surface area contributed by atoms with Crippen LogP contribution < -0.4 is 16.8 Å². The lowest BCUT2D eigenvalue weighted by Gasteiger charge is -2.19. The second-order valence-corrected chi connectivity index (χ2v) is 4.16. The molecule has 0 saturated carbocycles. The largest absolute Gasteiger partial charge is 0.383 e. The smallest absolute Gasteiger partial charge is 0.252 e. The average Bonchev–Trinajstić information content (AvgIpc) is 2.47. The van der Waals surface area contributed by atoms with Gasteiger partial charge in [-0.05, 0) is 18.9 Å². The van der Waals surface area contributed by atoms with Crippen molar-refractivity contribution in [1.82, 2.24) is 5.32 Å².